The van der Waals surface area contributed by atoms with Crippen LogP contribution in [0.3, 0.4) is 0 Å². The number of anilines is 2. The lowest BCUT2D eigenvalue weighted by Crippen LogP contribution is -2.42. The Balaban J connectivity index is 0.000000147. The molecule has 2 aliphatic carbocycles. The first kappa shape index (κ1) is 29.8. The third-order valence-corrected chi connectivity index (χ3v) is 9.72. The van der Waals surface area contributed by atoms with Crippen LogP contribution >= 0.6 is 23.2 Å². The molecule has 2 amide bonds. The number of carbonyl (C=O) groups is 4. The predicted molar refractivity (Wildman–Crippen MR) is 175 cm³/mol. The van der Waals surface area contributed by atoms with E-state index in [1.165, 1.54) is 12.2 Å². The number of nitrogens with one attached hydrogen (secondary N) is 2. The number of aromatic nitrogens is 2. The van der Waals surface area contributed by atoms with E-state index in [9.17, 15) is 19.2 Å². The van der Waals surface area contributed by atoms with Gasteiger partial charge >= 0.3 is 0 Å². The van der Waals surface area contributed by atoms with E-state index in [0.717, 1.165) is 22.3 Å². The van der Waals surface area contributed by atoms with E-state index in [1.807, 2.05) is 36.4 Å². The van der Waals surface area contributed by atoms with Crippen molar-refractivity contribution >= 4 is 58.0 Å². The Morgan fingerprint density at radius 1 is 0.630 bits per heavy atom. The van der Waals surface area contributed by atoms with E-state index in [2.05, 4.69) is 20.6 Å². The van der Waals surface area contributed by atoms with Gasteiger partial charge in [0.25, 0.3) is 0 Å². The molecule has 228 valence electrons. The first-order chi connectivity index (χ1) is 22.2. The number of amides is 2. The zero-order valence-electron chi connectivity index (χ0n) is 24.2. The number of carbonyl (C=O) groups excluding carboxylic acids is 4. The summed E-state index contributed by atoms with van der Waals surface area (Å²) < 4.78 is 0. The number of nitrogens with zero attached hydrogens (tertiary/aromatic N) is 2. The quantitative estimate of drug-likeness (QED) is 0.257. The SMILES string of the molecule is O=C1C=C[C@@]2(C(=O)Nc3cc(Cl)ccc32)[C@@H](c2cccnc2)C1.O=C1C=C[C@@]2(C(=O)Nc3cc(Cl)ccc32)[C@H](c2cccnc2)C1. The monoisotopic (exact) mass is 648 g/mol. The summed E-state index contributed by atoms with van der Waals surface area (Å²) in [5.41, 5.74) is 3.08. The van der Waals surface area contributed by atoms with Crippen LogP contribution in [0.4, 0.5) is 11.4 Å². The Kier molecular flexibility index (Phi) is 7.42. The number of halogens is 2. The molecule has 0 fully saturated rings. The molecule has 0 saturated carbocycles. The van der Waals surface area contributed by atoms with Crippen LogP contribution in [0.25, 0.3) is 0 Å². The van der Waals surface area contributed by atoms with E-state index in [0.29, 0.717) is 21.4 Å². The lowest BCUT2D eigenvalue weighted by Gasteiger charge is -2.35. The Morgan fingerprint density at radius 3 is 1.46 bits per heavy atom. The summed E-state index contributed by atoms with van der Waals surface area (Å²) in [4.78, 5) is 58.0. The Morgan fingerprint density at radius 2 is 1.07 bits per heavy atom. The van der Waals surface area contributed by atoms with Crippen LogP contribution in [-0.4, -0.2) is 33.3 Å². The van der Waals surface area contributed by atoms with Crippen molar-refractivity contribution < 1.29 is 19.2 Å². The maximum absolute atomic E-state index is 12.9. The summed E-state index contributed by atoms with van der Waals surface area (Å²) in [6.07, 6.45) is 13.8. The van der Waals surface area contributed by atoms with Crippen molar-refractivity contribution in [3.63, 3.8) is 0 Å². The lowest BCUT2D eigenvalue weighted by atomic mass is 9.64. The van der Waals surface area contributed by atoms with Gasteiger partial charge in [-0.2, -0.15) is 0 Å². The first-order valence-corrected chi connectivity index (χ1v) is 15.4. The van der Waals surface area contributed by atoms with Crippen molar-refractivity contribution in [2.75, 3.05) is 10.6 Å². The van der Waals surface area contributed by atoms with Gasteiger partial charge in [0.05, 0.1) is 0 Å². The number of pyridine rings is 2. The number of allylic oxidation sites excluding steroid dienone is 2. The highest BCUT2D eigenvalue weighted by molar-refractivity contribution is 6.31. The van der Waals surface area contributed by atoms with Gasteiger partial charge in [-0.15, -0.1) is 0 Å². The molecular formula is C36H26Cl2N4O4. The average Bonchev–Trinajstić information content (AvgIpc) is 3.49. The molecule has 4 aromatic rings. The van der Waals surface area contributed by atoms with Gasteiger partial charge in [0.15, 0.2) is 11.6 Å². The smallest absolute Gasteiger partial charge is 0.239 e. The number of hydrogen-bond donors (Lipinski definition) is 2. The van der Waals surface area contributed by atoms with Crippen LogP contribution in [-0.2, 0) is 30.0 Å². The minimum atomic E-state index is -0.892. The highest BCUT2D eigenvalue weighted by Gasteiger charge is 2.54. The summed E-state index contributed by atoms with van der Waals surface area (Å²) in [6.45, 7) is 0. The summed E-state index contributed by atoms with van der Waals surface area (Å²) in [5, 5.41) is 6.94. The van der Waals surface area contributed by atoms with Gasteiger partial charge in [0, 0.05) is 70.9 Å². The predicted octanol–water partition coefficient (Wildman–Crippen LogP) is 6.48. The fourth-order valence-corrected chi connectivity index (χ4v) is 7.49. The third kappa shape index (κ3) is 4.76. The van der Waals surface area contributed by atoms with Gasteiger partial charge in [-0.25, -0.2) is 0 Å². The van der Waals surface area contributed by atoms with Gasteiger partial charge < -0.3 is 10.6 Å². The standard InChI is InChI=1S/2C18H13ClN2O2/c2*19-12-3-4-14-16(8-12)21-17(23)18(14)6-5-13(22)9-15(18)11-2-1-7-20-10-11/h2*1-8,10,15H,9H2,(H,21,23)/t15-,18+;15-,18-/m10/s1. The summed E-state index contributed by atoms with van der Waals surface area (Å²) in [5.74, 6) is -0.800. The van der Waals surface area contributed by atoms with Crippen LogP contribution in [0.5, 0.6) is 0 Å². The zero-order valence-corrected chi connectivity index (χ0v) is 25.8. The van der Waals surface area contributed by atoms with Gasteiger partial charge in [0.2, 0.25) is 11.8 Å². The molecule has 2 aromatic carbocycles. The second-order valence-corrected chi connectivity index (χ2v) is 12.6. The van der Waals surface area contributed by atoms with Crippen LogP contribution in [0, 0.1) is 0 Å². The highest BCUT2D eigenvalue weighted by atomic mass is 35.5. The average molecular weight is 650 g/mol. The Labute approximate surface area is 274 Å². The topological polar surface area (TPSA) is 118 Å². The molecule has 2 spiro atoms. The maximum atomic E-state index is 12.9. The van der Waals surface area contributed by atoms with Crippen molar-refractivity contribution in [2.45, 2.75) is 35.5 Å². The molecule has 0 saturated heterocycles. The number of benzene rings is 2. The molecule has 2 N–H and O–H groups in total. The molecule has 10 heteroatoms. The second-order valence-electron chi connectivity index (χ2n) is 11.7. The normalized spacial score (nSPS) is 25.5. The van der Waals surface area contributed by atoms with Crippen molar-refractivity contribution in [1.29, 1.82) is 0 Å². The van der Waals surface area contributed by atoms with Crippen molar-refractivity contribution in [2.24, 2.45) is 0 Å². The number of hydrogen-bond acceptors (Lipinski definition) is 6. The van der Waals surface area contributed by atoms with Gasteiger partial charge in [-0.3, -0.25) is 29.1 Å². The third-order valence-electron chi connectivity index (χ3n) is 9.25. The molecule has 2 aliphatic heterocycles. The summed E-state index contributed by atoms with van der Waals surface area (Å²) >= 11 is 12.1. The molecule has 4 heterocycles. The van der Waals surface area contributed by atoms with Crippen molar-refractivity contribution in [1.82, 2.24) is 9.97 Å². The van der Waals surface area contributed by atoms with Crippen LogP contribution in [0.1, 0.15) is 46.9 Å². The molecule has 0 unspecified atom stereocenters. The van der Waals surface area contributed by atoms with Crippen LogP contribution < -0.4 is 10.6 Å². The van der Waals surface area contributed by atoms with Crippen LogP contribution in [0.15, 0.2) is 110 Å². The van der Waals surface area contributed by atoms with E-state index in [-0.39, 0.29) is 48.1 Å². The fraction of sp³-hybridized carbons (Fsp3) is 0.167. The number of rotatable bonds is 2. The molecule has 4 aliphatic rings. The summed E-state index contributed by atoms with van der Waals surface area (Å²) in [7, 11) is 0. The molecule has 0 bridgehead atoms. The Hall–Kier alpha value is -4.92. The van der Waals surface area contributed by atoms with Gasteiger partial charge in [-0.1, -0.05) is 59.6 Å². The molecule has 8 nitrogen and oxygen atoms in total. The maximum Gasteiger partial charge on any atom is 0.239 e. The van der Waals surface area contributed by atoms with E-state index in [4.69, 9.17) is 23.2 Å². The number of ketones is 2. The minimum Gasteiger partial charge on any atom is -0.325 e. The largest absolute Gasteiger partial charge is 0.325 e. The highest BCUT2D eigenvalue weighted by Crippen LogP contribution is 2.53. The molecule has 46 heavy (non-hydrogen) atoms. The van der Waals surface area contributed by atoms with Crippen LogP contribution in [0.2, 0.25) is 10.0 Å². The molecule has 2 aromatic heterocycles. The van der Waals surface area contributed by atoms with E-state index >= 15 is 0 Å². The van der Waals surface area contributed by atoms with E-state index < -0.39 is 10.8 Å². The molecule has 4 atom stereocenters. The van der Waals surface area contributed by atoms with Crippen molar-refractivity contribution in [3.8, 4) is 0 Å². The molecular weight excluding hydrogens is 623 g/mol. The van der Waals surface area contributed by atoms with E-state index in [1.54, 1.807) is 61.2 Å². The van der Waals surface area contributed by atoms with Crippen molar-refractivity contribution in [3.05, 3.63) is 142 Å². The lowest BCUT2D eigenvalue weighted by molar-refractivity contribution is -0.123. The Bertz CT molecular complexity index is 1840. The number of fused-ring (bicyclic) bond motifs is 4. The summed E-state index contributed by atoms with van der Waals surface area (Å²) in [6, 6.07) is 18.2. The second kappa shape index (κ2) is 11.5. The molecule has 0 radical (unpaired) electrons. The van der Waals surface area contributed by atoms with Gasteiger partial charge in [0.1, 0.15) is 10.8 Å². The van der Waals surface area contributed by atoms with Gasteiger partial charge in [-0.05, 0) is 70.8 Å². The first-order valence-electron chi connectivity index (χ1n) is 14.7. The minimum absolute atomic E-state index is 0.0136. The molecule has 8 rings (SSSR count). The fourth-order valence-electron chi connectivity index (χ4n) is 7.15. The zero-order chi connectivity index (χ0) is 32.1.